The van der Waals surface area contributed by atoms with Crippen molar-refractivity contribution in [2.75, 3.05) is 69.5 Å². The van der Waals surface area contributed by atoms with Crippen LogP contribution in [-0.2, 0) is 29.2 Å². The number of hydrogen-bond donors (Lipinski definition) is 0. The van der Waals surface area contributed by atoms with Gasteiger partial charge in [-0.25, -0.2) is 0 Å². The lowest BCUT2D eigenvalue weighted by Crippen LogP contribution is -2.38. The number of methoxy groups -OCH3 is 1. The first-order valence-corrected chi connectivity index (χ1v) is 13.3. The molecule has 198 valence electrons. The fraction of sp³-hybridized carbons (Fsp3) is 0.483. The smallest absolute Gasteiger partial charge is 0.298 e. The molecule has 3 heterocycles. The summed E-state index contributed by atoms with van der Waals surface area (Å²) in [6.07, 6.45) is 4.24. The molecule has 1 aromatic heterocycles. The molecule has 0 N–H and O–H groups in total. The fourth-order valence-electron chi connectivity index (χ4n) is 4.93. The van der Waals surface area contributed by atoms with Gasteiger partial charge in [-0.15, -0.1) is 0 Å². The largest absolute Gasteiger partial charge is 0.497 e. The average molecular weight is 507 g/mol. The third-order valence-corrected chi connectivity index (χ3v) is 6.98. The van der Waals surface area contributed by atoms with Crippen molar-refractivity contribution in [2.45, 2.75) is 32.5 Å². The number of rotatable bonds is 12. The van der Waals surface area contributed by atoms with E-state index in [0.717, 1.165) is 62.9 Å². The molecular formula is C29H38N4O4. The Morgan fingerprint density at radius 2 is 1.70 bits per heavy atom. The topological polar surface area (TPSA) is 63.4 Å². The van der Waals surface area contributed by atoms with Crippen molar-refractivity contribution in [3.63, 3.8) is 0 Å². The van der Waals surface area contributed by atoms with Crippen molar-refractivity contribution in [3.8, 4) is 5.75 Å². The summed E-state index contributed by atoms with van der Waals surface area (Å²) in [7, 11) is 1.69. The quantitative estimate of drug-likeness (QED) is 0.336. The van der Waals surface area contributed by atoms with Gasteiger partial charge in [-0.05, 0) is 48.2 Å². The van der Waals surface area contributed by atoms with Gasteiger partial charge in [0.05, 0.1) is 33.5 Å². The summed E-state index contributed by atoms with van der Waals surface area (Å²) in [5.74, 6) is 0.843. The standard InChI is InChI=1S/C29H38N4O4/c1-34-28-9-5-7-25(19-28)21-33(20-24-6-4-8-27(18-24)32-10-2-3-11-32)29-30-26(23-37-29)22-36-17-14-31-12-15-35-16-13-31/h4-9,18-19,23H,2-3,10-17,20-22H2,1H3. The van der Waals surface area contributed by atoms with Crippen LogP contribution in [0, 0.1) is 0 Å². The maximum atomic E-state index is 5.97. The van der Waals surface area contributed by atoms with Crippen LogP contribution in [0.1, 0.15) is 29.7 Å². The molecule has 2 saturated heterocycles. The predicted octanol–water partition coefficient (Wildman–Crippen LogP) is 4.34. The highest BCUT2D eigenvalue weighted by Crippen LogP contribution is 2.25. The van der Waals surface area contributed by atoms with Gasteiger partial charge in [-0.2, -0.15) is 4.98 Å². The Morgan fingerprint density at radius 1 is 0.946 bits per heavy atom. The Balaban J connectivity index is 1.26. The van der Waals surface area contributed by atoms with Crippen molar-refractivity contribution >= 4 is 11.7 Å². The predicted molar refractivity (Wildman–Crippen MR) is 144 cm³/mol. The lowest BCUT2D eigenvalue weighted by atomic mass is 10.1. The second-order valence-electron chi connectivity index (χ2n) is 9.70. The summed E-state index contributed by atoms with van der Waals surface area (Å²) < 4.78 is 22.7. The molecule has 5 rings (SSSR count). The molecule has 2 fully saturated rings. The molecule has 2 aliphatic rings. The highest BCUT2D eigenvalue weighted by molar-refractivity contribution is 5.50. The number of morpholine rings is 1. The van der Waals surface area contributed by atoms with E-state index < -0.39 is 0 Å². The third kappa shape index (κ3) is 7.25. The van der Waals surface area contributed by atoms with E-state index in [-0.39, 0.29) is 0 Å². The summed E-state index contributed by atoms with van der Waals surface area (Å²) in [4.78, 5) is 11.8. The van der Waals surface area contributed by atoms with E-state index in [4.69, 9.17) is 23.6 Å². The molecule has 3 aromatic rings. The Kier molecular flexibility index (Phi) is 8.95. The van der Waals surface area contributed by atoms with Gasteiger partial charge in [-0.3, -0.25) is 4.90 Å². The van der Waals surface area contributed by atoms with Crippen LogP contribution in [0.25, 0.3) is 0 Å². The van der Waals surface area contributed by atoms with Crippen molar-refractivity contribution < 1.29 is 18.6 Å². The van der Waals surface area contributed by atoms with Crippen LogP contribution in [0.4, 0.5) is 11.7 Å². The molecule has 0 saturated carbocycles. The lowest BCUT2D eigenvalue weighted by Gasteiger charge is -2.26. The van der Waals surface area contributed by atoms with Gasteiger partial charge in [0.25, 0.3) is 6.01 Å². The molecule has 0 spiro atoms. The highest BCUT2D eigenvalue weighted by Gasteiger charge is 2.18. The first-order chi connectivity index (χ1) is 18.3. The molecule has 0 aliphatic carbocycles. The number of nitrogens with zero attached hydrogens (tertiary/aromatic N) is 4. The van der Waals surface area contributed by atoms with E-state index in [9.17, 15) is 0 Å². The van der Waals surface area contributed by atoms with Crippen molar-refractivity contribution in [1.82, 2.24) is 9.88 Å². The number of ether oxygens (including phenoxy) is 3. The van der Waals surface area contributed by atoms with E-state index in [1.165, 1.54) is 24.1 Å². The second kappa shape index (κ2) is 12.9. The Morgan fingerprint density at radius 3 is 2.49 bits per heavy atom. The Bertz CT molecular complexity index is 1110. The summed E-state index contributed by atoms with van der Waals surface area (Å²) in [5, 5.41) is 0. The third-order valence-electron chi connectivity index (χ3n) is 6.98. The van der Waals surface area contributed by atoms with Gasteiger partial charge >= 0.3 is 0 Å². The Hall–Kier alpha value is -3.07. The van der Waals surface area contributed by atoms with Gasteiger partial charge in [0, 0.05) is 51.5 Å². The summed E-state index contributed by atoms with van der Waals surface area (Å²) >= 11 is 0. The molecule has 0 atom stereocenters. The van der Waals surface area contributed by atoms with E-state index in [0.29, 0.717) is 32.3 Å². The second-order valence-corrected chi connectivity index (χ2v) is 9.70. The van der Waals surface area contributed by atoms with Crippen LogP contribution in [-0.4, -0.2) is 69.5 Å². The van der Waals surface area contributed by atoms with Gasteiger partial charge in [0.2, 0.25) is 0 Å². The molecule has 37 heavy (non-hydrogen) atoms. The van der Waals surface area contributed by atoms with Gasteiger partial charge in [0.15, 0.2) is 0 Å². The van der Waals surface area contributed by atoms with E-state index in [2.05, 4.69) is 51.1 Å². The zero-order valence-corrected chi connectivity index (χ0v) is 21.8. The number of aromatic nitrogens is 1. The van der Waals surface area contributed by atoms with E-state index >= 15 is 0 Å². The molecule has 2 aliphatic heterocycles. The number of benzene rings is 2. The molecule has 0 amide bonds. The van der Waals surface area contributed by atoms with Gasteiger partial charge in [0.1, 0.15) is 17.7 Å². The zero-order valence-electron chi connectivity index (χ0n) is 21.8. The maximum Gasteiger partial charge on any atom is 0.298 e. The first-order valence-electron chi connectivity index (χ1n) is 13.3. The summed E-state index contributed by atoms with van der Waals surface area (Å²) in [6.45, 7) is 9.16. The molecule has 8 heteroatoms. The number of hydrogen-bond acceptors (Lipinski definition) is 8. The average Bonchev–Trinajstić information content (AvgIpc) is 3.65. The maximum absolute atomic E-state index is 5.97. The minimum Gasteiger partial charge on any atom is -0.497 e. The van der Waals surface area contributed by atoms with E-state index in [1.807, 2.05) is 12.1 Å². The van der Waals surface area contributed by atoms with E-state index in [1.54, 1.807) is 13.4 Å². The molecule has 8 nitrogen and oxygen atoms in total. The van der Waals surface area contributed by atoms with Crippen LogP contribution in [0.15, 0.2) is 59.2 Å². The SMILES string of the molecule is COc1cccc(CN(Cc2cccc(N3CCCC3)c2)c2nc(COCCN3CCOCC3)co2)c1. The number of anilines is 2. The minimum absolute atomic E-state index is 0.436. The summed E-state index contributed by atoms with van der Waals surface area (Å²) in [5.41, 5.74) is 4.46. The van der Waals surface area contributed by atoms with Crippen LogP contribution >= 0.6 is 0 Å². The first kappa shape index (κ1) is 25.6. The number of oxazole rings is 1. The lowest BCUT2D eigenvalue weighted by molar-refractivity contribution is 0.0177. The normalized spacial score (nSPS) is 16.3. The van der Waals surface area contributed by atoms with Gasteiger partial charge in [-0.1, -0.05) is 24.3 Å². The zero-order chi connectivity index (χ0) is 25.3. The van der Waals surface area contributed by atoms with Crippen LogP contribution in [0.3, 0.4) is 0 Å². The minimum atomic E-state index is 0.436. The highest BCUT2D eigenvalue weighted by atomic mass is 16.5. The monoisotopic (exact) mass is 506 g/mol. The van der Waals surface area contributed by atoms with Crippen molar-refractivity contribution in [1.29, 1.82) is 0 Å². The van der Waals surface area contributed by atoms with Crippen LogP contribution in [0.5, 0.6) is 5.75 Å². The fourth-order valence-corrected chi connectivity index (χ4v) is 4.93. The summed E-state index contributed by atoms with van der Waals surface area (Å²) in [6, 6.07) is 17.6. The molecular weight excluding hydrogens is 468 g/mol. The van der Waals surface area contributed by atoms with Crippen molar-refractivity contribution in [3.05, 3.63) is 71.6 Å². The van der Waals surface area contributed by atoms with Gasteiger partial charge < -0.3 is 28.4 Å². The van der Waals surface area contributed by atoms with Crippen LogP contribution in [0.2, 0.25) is 0 Å². The molecule has 0 unspecified atom stereocenters. The van der Waals surface area contributed by atoms with Crippen LogP contribution < -0.4 is 14.5 Å². The molecule has 2 aromatic carbocycles. The Labute approximate surface area is 219 Å². The van der Waals surface area contributed by atoms with Crippen molar-refractivity contribution in [2.24, 2.45) is 0 Å². The molecule has 0 bridgehead atoms. The molecule has 0 radical (unpaired) electrons.